The Hall–Kier alpha value is -2.18. The molecule has 7 heteroatoms. The van der Waals surface area contributed by atoms with Crippen molar-refractivity contribution in [2.24, 2.45) is 0 Å². The molecule has 1 unspecified atom stereocenters. The van der Waals surface area contributed by atoms with E-state index >= 15 is 0 Å². The van der Waals surface area contributed by atoms with Crippen LogP contribution in [0.25, 0.3) is 0 Å². The maximum Gasteiger partial charge on any atom is 0.361 e. The maximum atomic E-state index is 12.0. The molecule has 1 aromatic rings. The molecule has 1 atom stereocenters. The lowest BCUT2D eigenvalue weighted by atomic mass is 10.2. The highest BCUT2D eigenvalue weighted by Gasteiger charge is 2.23. The van der Waals surface area contributed by atoms with E-state index in [9.17, 15) is 9.59 Å². The van der Waals surface area contributed by atoms with Gasteiger partial charge in [-0.25, -0.2) is 9.48 Å². The fraction of sp³-hybridized carbons (Fsp3) is 0.571. The van der Waals surface area contributed by atoms with Crippen LogP contribution >= 0.6 is 0 Å². The third-order valence-electron chi connectivity index (χ3n) is 3.03. The van der Waals surface area contributed by atoms with E-state index in [1.807, 2.05) is 0 Å². The molecule has 116 valence electrons. The average Bonchev–Trinajstić information content (AvgIpc) is 2.85. The molecule has 0 spiro atoms. The van der Waals surface area contributed by atoms with Crippen LogP contribution in [0.4, 0.5) is 0 Å². The Morgan fingerprint density at radius 3 is 2.86 bits per heavy atom. The normalized spacial score (nSPS) is 11.8. The van der Waals surface area contributed by atoms with Crippen LogP contribution in [0, 0.1) is 6.92 Å². The van der Waals surface area contributed by atoms with Crippen molar-refractivity contribution in [1.29, 1.82) is 0 Å². The van der Waals surface area contributed by atoms with Crippen LogP contribution in [0.2, 0.25) is 0 Å². The molecule has 0 bridgehead atoms. The lowest BCUT2D eigenvalue weighted by Crippen LogP contribution is -2.32. The van der Waals surface area contributed by atoms with Crippen molar-refractivity contribution < 1.29 is 14.3 Å². The molecule has 7 nitrogen and oxygen atoms in total. The molecule has 0 radical (unpaired) electrons. The summed E-state index contributed by atoms with van der Waals surface area (Å²) in [5.74, 6) is -0.722. The van der Waals surface area contributed by atoms with Gasteiger partial charge in [-0.05, 0) is 20.3 Å². The van der Waals surface area contributed by atoms with Gasteiger partial charge in [0.05, 0.1) is 5.69 Å². The standard InChI is InChI=1S/C14H22N4O3/c1-5-7-8-15-13(19)11(4)18-10(3)12(16-17-18)14(20)21-9-6-2/h6,11H,2,5,7-9H2,1,3-4H3,(H,15,19). The molecule has 0 saturated heterocycles. The van der Waals surface area contributed by atoms with E-state index in [0.29, 0.717) is 12.2 Å². The number of carbonyl (C=O) groups excluding carboxylic acids is 2. The van der Waals surface area contributed by atoms with Gasteiger partial charge in [0.2, 0.25) is 5.91 Å². The molecule has 21 heavy (non-hydrogen) atoms. The SMILES string of the molecule is C=CCOC(=O)c1nnn(C(C)C(=O)NCCCC)c1C. The quantitative estimate of drug-likeness (QED) is 0.445. The summed E-state index contributed by atoms with van der Waals surface area (Å²) in [6.07, 6.45) is 3.41. The van der Waals surface area contributed by atoms with Crippen LogP contribution in [0.5, 0.6) is 0 Å². The maximum absolute atomic E-state index is 12.0. The molecular weight excluding hydrogens is 272 g/mol. The molecule has 0 aromatic carbocycles. The second-order valence-electron chi connectivity index (χ2n) is 4.68. The van der Waals surface area contributed by atoms with Gasteiger partial charge in [-0.15, -0.1) is 5.10 Å². The Morgan fingerprint density at radius 2 is 2.24 bits per heavy atom. The number of rotatable bonds is 8. The van der Waals surface area contributed by atoms with Crippen molar-refractivity contribution in [3.05, 3.63) is 24.0 Å². The highest BCUT2D eigenvalue weighted by molar-refractivity contribution is 5.88. The molecule has 1 rings (SSSR count). The van der Waals surface area contributed by atoms with Crippen LogP contribution in [0.15, 0.2) is 12.7 Å². The first-order chi connectivity index (χ1) is 10.0. The smallest absolute Gasteiger partial charge is 0.361 e. The number of nitrogens with zero attached hydrogens (tertiary/aromatic N) is 3. The first-order valence-corrected chi connectivity index (χ1v) is 7.00. The van der Waals surface area contributed by atoms with Crippen molar-refractivity contribution in [2.75, 3.05) is 13.2 Å². The number of hydrogen-bond acceptors (Lipinski definition) is 5. The highest BCUT2D eigenvalue weighted by atomic mass is 16.5. The molecule has 0 aliphatic rings. The summed E-state index contributed by atoms with van der Waals surface area (Å²) in [5.41, 5.74) is 0.618. The highest BCUT2D eigenvalue weighted by Crippen LogP contribution is 2.12. The molecule has 1 heterocycles. The lowest BCUT2D eigenvalue weighted by Gasteiger charge is -2.13. The number of carbonyl (C=O) groups is 2. The molecular formula is C14H22N4O3. The van der Waals surface area contributed by atoms with Gasteiger partial charge < -0.3 is 10.1 Å². The summed E-state index contributed by atoms with van der Waals surface area (Å²) in [5, 5.41) is 10.5. The predicted molar refractivity (Wildman–Crippen MR) is 77.9 cm³/mol. The van der Waals surface area contributed by atoms with Crippen molar-refractivity contribution >= 4 is 11.9 Å². The van der Waals surface area contributed by atoms with E-state index in [1.165, 1.54) is 10.8 Å². The molecule has 0 fully saturated rings. The minimum atomic E-state index is -0.572. The van der Waals surface area contributed by atoms with E-state index < -0.39 is 12.0 Å². The summed E-state index contributed by atoms with van der Waals surface area (Å²) < 4.78 is 6.34. The minimum Gasteiger partial charge on any atom is -0.457 e. The van der Waals surface area contributed by atoms with Crippen molar-refractivity contribution in [3.63, 3.8) is 0 Å². The lowest BCUT2D eigenvalue weighted by molar-refractivity contribution is -0.124. The van der Waals surface area contributed by atoms with Gasteiger partial charge in [-0.2, -0.15) is 0 Å². The fourth-order valence-corrected chi connectivity index (χ4v) is 1.75. The van der Waals surface area contributed by atoms with Crippen LogP contribution in [0.1, 0.15) is 48.9 Å². The second kappa shape index (κ2) is 8.18. The van der Waals surface area contributed by atoms with Gasteiger partial charge in [-0.3, -0.25) is 4.79 Å². The molecule has 0 aliphatic heterocycles. The van der Waals surface area contributed by atoms with Crippen LogP contribution in [-0.2, 0) is 9.53 Å². The zero-order valence-electron chi connectivity index (χ0n) is 12.8. The summed E-state index contributed by atoms with van der Waals surface area (Å²) in [7, 11) is 0. The number of ether oxygens (including phenoxy) is 1. The van der Waals surface area contributed by atoms with E-state index in [1.54, 1.807) is 13.8 Å². The fourth-order valence-electron chi connectivity index (χ4n) is 1.75. The summed E-state index contributed by atoms with van der Waals surface area (Å²) >= 11 is 0. The first-order valence-electron chi connectivity index (χ1n) is 7.00. The summed E-state index contributed by atoms with van der Waals surface area (Å²) in [6.45, 7) is 9.65. The topological polar surface area (TPSA) is 86.1 Å². The van der Waals surface area contributed by atoms with Gasteiger partial charge >= 0.3 is 5.97 Å². The number of unbranched alkanes of at least 4 members (excludes halogenated alkanes) is 1. The Bertz CT molecular complexity index is 510. The number of aromatic nitrogens is 3. The third kappa shape index (κ3) is 4.40. The Balaban J connectivity index is 2.75. The van der Waals surface area contributed by atoms with Gasteiger partial charge in [0.1, 0.15) is 12.6 Å². The van der Waals surface area contributed by atoms with Crippen molar-refractivity contribution in [2.45, 2.75) is 39.7 Å². The monoisotopic (exact) mass is 294 g/mol. The predicted octanol–water partition coefficient (Wildman–Crippen LogP) is 1.41. The average molecular weight is 294 g/mol. The van der Waals surface area contributed by atoms with Crippen LogP contribution in [0.3, 0.4) is 0 Å². The summed E-state index contributed by atoms with van der Waals surface area (Å²) in [6, 6.07) is -0.532. The van der Waals surface area contributed by atoms with Crippen LogP contribution in [-0.4, -0.2) is 40.0 Å². The molecule has 1 N–H and O–H groups in total. The number of hydrogen-bond donors (Lipinski definition) is 1. The molecule has 0 saturated carbocycles. The Morgan fingerprint density at radius 1 is 1.52 bits per heavy atom. The largest absolute Gasteiger partial charge is 0.457 e. The van der Waals surface area contributed by atoms with Crippen LogP contribution < -0.4 is 5.32 Å². The third-order valence-corrected chi connectivity index (χ3v) is 3.03. The van der Waals surface area contributed by atoms with E-state index in [-0.39, 0.29) is 18.2 Å². The molecule has 1 amide bonds. The molecule has 0 aliphatic carbocycles. The Kier molecular flexibility index (Phi) is 6.58. The van der Waals surface area contributed by atoms with Gasteiger partial charge in [0, 0.05) is 6.54 Å². The van der Waals surface area contributed by atoms with E-state index in [4.69, 9.17) is 4.74 Å². The second-order valence-corrected chi connectivity index (χ2v) is 4.68. The minimum absolute atomic E-state index is 0.109. The van der Waals surface area contributed by atoms with Crippen molar-refractivity contribution in [1.82, 2.24) is 20.3 Å². The van der Waals surface area contributed by atoms with Gasteiger partial charge in [0.25, 0.3) is 0 Å². The summed E-state index contributed by atoms with van der Waals surface area (Å²) in [4.78, 5) is 23.7. The first kappa shape index (κ1) is 16.9. The van der Waals surface area contributed by atoms with Crippen molar-refractivity contribution in [3.8, 4) is 0 Å². The molecule has 1 aromatic heterocycles. The zero-order valence-corrected chi connectivity index (χ0v) is 12.8. The van der Waals surface area contributed by atoms with Gasteiger partial charge in [0.15, 0.2) is 5.69 Å². The Labute approximate surface area is 124 Å². The van der Waals surface area contributed by atoms with E-state index in [2.05, 4.69) is 29.1 Å². The van der Waals surface area contributed by atoms with E-state index in [0.717, 1.165) is 12.8 Å². The number of nitrogens with one attached hydrogen (secondary N) is 1. The van der Waals surface area contributed by atoms with Gasteiger partial charge in [-0.1, -0.05) is 31.2 Å². The number of esters is 1. The zero-order chi connectivity index (χ0) is 15.8. The number of amides is 1.